The normalized spacial score (nSPS) is 22.0. The molecule has 5 nitrogen and oxygen atoms in total. The van der Waals surface area contributed by atoms with Gasteiger partial charge in [-0.2, -0.15) is 0 Å². The van der Waals surface area contributed by atoms with E-state index in [1.807, 2.05) is 23.2 Å². The quantitative estimate of drug-likeness (QED) is 0.463. The molecule has 1 N–H and O–H groups in total. The standard InChI is InChI=1S/C32H36N4O/c1-4-24-7-12-29-28(19-24)34-32(30-6-5-15-36(29)30)13-16-35(17-14-32)31(37)26-10-8-25(9-11-26)27-18-22(2)20-33-21-23(27)3/h5-12,15,18-20,23,27,34H,4,13-14,16-17,21H2,1-3H3. The third-order valence-electron chi connectivity index (χ3n) is 8.53. The minimum absolute atomic E-state index is 0.130. The molecule has 3 aliphatic heterocycles. The molecule has 0 bridgehead atoms. The third kappa shape index (κ3) is 4.20. The second-order valence-corrected chi connectivity index (χ2v) is 11.0. The van der Waals surface area contributed by atoms with Crippen molar-refractivity contribution in [2.45, 2.75) is 51.5 Å². The Morgan fingerprint density at radius 3 is 2.65 bits per heavy atom. The lowest BCUT2D eigenvalue weighted by molar-refractivity contribution is 0.0676. The number of aryl methyl sites for hydroxylation is 1. The van der Waals surface area contributed by atoms with Gasteiger partial charge in [0.15, 0.2) is 0 Å². The van der Waals surface area contributed by atoms with Crippen LogP contribution in [0.2, 0.25) is 0 Å². The smallest absolute Gasteiger partial charge is 0.253 e. The molecule has 3 aliphatic rings. The van der Waals surface area contributed by atoms with E-state index in [4.69, 9.17) is 0 Å². The number of amides is 1. The number of likely N-dealkylation sites (tertiary alicyclic amines) is 1. The van der Waals surface area contributed by atoms with E-state index in [-0.39, 0.29) is 11.4 Å². The summed E-state index contributed by atoms with van der Waals surface area (Å²) in [6.45, 7) is 8.85. The first kappa shape index (κ1) is 23.8. The molecule has 37 heavy (non-hydrogen) atoms. The fraction of sp³-hybridized carbons (Fsp3) is 0.375. The number of fused-ring (bicyclic) bond motifs is 4. The molecule has 1 spiro atoms. The number of nitrogens with zero attached hydrogens (tertiary/aromatic N) is 3. The highest BCUT2D eigenvalue weighted by molar-refractivity contribution is 5.94. The highest BCUT2D eigenvalue weighted by atomic mass is 16.2. The molecule has 6 rings (SSSR count). The van der Waals surface area contributed by atoms with Crippen molar-refractivity contribution in [2.75, 3.05) is 25.0 Å². The number of carbonyl (C=O) groups is 1. The minimum Gasteiger partial charge on any atom is -0.372 e. The van der Waals surface area contributed by atoms with Gasteiger partial charge in [0.25, 0.3) is 5.91 Å². The first-order valence-electron chi connectivity index (χ1n) is 13.6. The minimum atomic E-state index is -0.147. The van der Waals surface area contributed by atoms with Crippen LogP contribution in [0.25, 0.3) is 5.69 Å². The summed E-state index contributed by atoms with van der Waals surface area (Å²) in [4.78, 5) is 20.0. The van der Waals surface area contributed by atoms with Crippen LogP contribution in [-0.4, -0.2) is 41.2 Å². The van der Waals surface area contributed by atoms with Crippen molar-refractivity contribution in [2.24, 2.45) is 10.9 Å². The van der Waals surface area contributed by atoms with Gasteiger partial charge >= 0.3 is 0 Å². The number of hydrogen-bond donors (Lipinski definition) is 1. The van der Waals surface area contributed by atoms with Gasteiger partial charge in [-0.1, -0.05) is 38.1 Å². The number of benzene rings is 2. The predicted molar refractivity (Wildman–Crippen MR) is 151 cm³/mol. The van der Waals surface area contributed by atoms with Gasteiger partial charge in [-0.05, 0) is 85.2 Å². The Morgan fingerprint density at radius 1 is 1.11 bits per heavy atom. The summed E-state index contributed by atoms with van der Waals surface area (Å²) in [5.41, 5.74) is 8.12. The first-order valence-corrected chi connectivity index (χ1v) is 13.6. The molecular formula is C32H36N4O. The fourth-order valence-corrected chi connectivity index (χ4v) is 6.31. The van der Waals surface area contributed by atoms with Crippen molar-refractivity contribution in [1.82, 2.24) is 9.47 Å². The molecule has 1 saturated heterocycles. The Hall–Kier alpha value is -3.60. The first-order chi connectivity index (χ1) is 18.0. The molecule has 1 aromatic heterocycles. The number of carbonyl (C=O) groups excluding carboxylic acids is 1. The van der Waals surface area contributed by atoms with E-state index in [0.29, 0.717) is 11.8 Å². The topological polar surface area (TPSA) is 49.6 Å². The van der Waals surface area contributed by atoms with Crippen LogP contribution in [0.3, 0.4) is 0 Å². The van der Waals surface area contributed by atoms with Gasteiger partial charge in [0.05, 0.1) is 16.9 Å². The highest BCUT2D eigenvalue weighted by Crippen LogP contribution is 2.44. The molecule has 1 fully saturated rings. The maximum absolute atomic E-state index is 13.5. The Balaban J connectivity index is 1.18. The van der Waals surface area contributed by atoms with Gasteiger partial charge in [0, 0.05) is 49.2 Å². The van der Waals surface area contributed by atoms with Gasteiger partial charge in [0.2, 0.25) is 0 Å². The number of rotatable bonds is 3. The molecule has 3 aromatic rings. The lowest BCUT2D eigenvalue weighted by Gasteiger charge is -2.46. The molecule has 1 amide bonds. The zero-order valence-corrected chi connectivity index (χ0v) is 22.1. The van der Waals surface area contributed by atoms with Gasteiger partial charge in [-0.3, -0.25) is 9.79 Å². The van der Waals surface area contributed by atoms with E-state index < -0.39 is 0 Å². The number of piperidine rings is 1. The average Bonchev–Trinajstić information content (AvgIpc) is 3.36. The molecule has 0 aliphatic carbocycles. The number of anilines is 1. The maximum Gasteiger partial charge on any atom is 0.253 e. The highest BCUT2D eigenvalue weighted by Gasteiger charge is 2.42. The molecule has 2 unspecified atom stereocenters. The second-order valence-electron chi connectivity index (χ2n) is 11.0. The Labute approximate surface area is 219 Å². The van der Waals surface area contributed by atoms with E-state index in [9.17, 15) is 4.79 Å². The van der Waals surface area contributed by atoms with Gasteiger partial charge in [0.1, 0.15) is 0 Å². The van der Waals surface area contributed by atoms with Crippen LogP contribution in [0.1, 0.15) is 66.7 Å². The second kappa shape index (κ2) is 9.37. The van der Waals surface area contributed by atoms with Gasteiger partial charge < -0.3 is 14.8 Å². The molecule has 2 atom stereocenters. The van der Waals surface area contributed by atoms with Crippen molar-refractivity contribution in [3.63, 3.8) is 0 Å². The summed E-state index contributed by atoms with van der Waals surface area (Å²) >= 11 is 0. The Kier molecular flexibility index (Phi) is 6.02. The van der Waals surface area contributed by atoms with Crippen LogP contribution < -0.4 is 5.32 Å². The van der Waals surface area contributed by atoms with Crippen molar-refractivity contribution < 1.29 is 4.79 Å². The molecule has 190 valence electrons. The SMILES string of the molecule is CCc1ccc2c(c1)NC1(CCN(C(=O)c3ccc(C4C=C(C)C=NCC4C)cc3)CC1)c1cccn1-2. The number of nitrogens with one attached hydrogen (secondary N) is 1. The van der Waals surface area contributed by atoms with Crippen LogP contribution in [0.15, 0.2) is 77.4 Å². The van der Waals surface area contributed by atoms with Gasteiger partial charge in [-0.15, -0.1) is 0 Å². The Morgan fingerprint density at radius 2 is 1.89 bits per heavy atom. The molecule has 0 saturated carbocycles. The molecule has 5 heteroatoms. The van der Waals surface area contributed by atoms with Gasteiger partial charge in [-0.25, -0.2) is 0 Å². The molecule has 4 heterocycles. The number of hydrogen-bond acceptors (Lipinski definition) is 3. The van der Waals surface area contributed by atoms with E-state index in [1.54, 1.807) is 0 Å². The van der Waals surface area contributed by atoms with E-state index in [1.165, 1.54) is 33.8 Å². The zero-order chi connectivity index (χ0) is 25.6. The summed E-state index contributed by atoms with van der Waals surface area (Å²) in [6.07, 6.45) is 9.23. The summed E-state index contributed by atoms with van der Waals surface area (Å²) in [5, 5.41) is 3.91. The van der Waals surface area contributed by atoms with Crippen LogP contribution in [-0.2, 0) is 12.0 Å². The summed E-state index contributed by atoms with van der Waals surface area (Å²) in [5.74, 6) is 0.894. The number of allylic oxidation sites excluding steroid dienone is 2. The van der Waals surface area contributed by atoms with Crippen LogP contribution in [0.5, 0.6) is 0 Å². The molecule has 2 aromatic carbocycles. The average molecular weight is 493 g/mol. The van der Waals surface area contributed by atoms with E-state index in [2.05, 4.69) is 90.4 Å². The molecule has 0 radical (unpaired) electrons. The largest absolute Gasteiger partial charge is 0.372 e. The van der Waals surface area contributed by atoms with Crippen molar-refractivity contribution in [3.8, 4) is 5.69 Å². The fourth-order valence-electron chi connectivity index (χ4n) is 6.31. The summed E-state index contributed by atoms with van der Waals surface area (Å²) in [6, 6.07) is 19.4. The predicted octanol–water partition coefficient (Wildman–Crippen LogP) is 6.35. The van der Waals surface area contributed by atoms with Crippen LogP contribution in [0.4, 0.5) is 5.69 Å². The molecular weight excluding hydrogens is 456 g/mol. The zero-order valence-electron chi connectivity index (χ0n) is 22.1. The summed E-state index contributed by atoms with van der Waals surface area (Å²) in [7, 11) is 0. The third-order valence-corrected chi connectivity index (χ3v) is 8.53. The lowest BCUT2D eigenvalue weighted by Crippen LogP contribution is -2.51. The number of aromatic nitrogens is 1. The van der Waals surface area contributed by atoms with E-state index >= 15 is 0 Å². The lowest BCUT2D eigenvalue weighted by atomic mass is 9.82. The Bertz CT molecular complexity index is 1370. The van der Waals surface area contributed by atoms with E-state index in [0.717, 1.165) is 44.5 Å². The summed E-state index contributed by atoms with van der Waals surface area (Å²) < 4.78 is 2.33. The van der Waals surface area contributed by atoms with Crippen LogP contribution in [0, 0.1) is 5.92 Å². The monoisotopic (exact) mass is 492 g/mol. The van der Waals surface area contributed by atoms with Crippen molar-refractivity contribution in [1.29, 1.82) is 0 Å². The number of aliphatic imine (C=N–C) groups is 1. The maximum atomic E-state index is 13.5. The van der Waals surface area contributed by atoms with Crippen LogP contribution >= 0.6 is 0 Å². The van der Waals surface area contributed by atoms with Crippen molar-refractivity contribution in [3.05, 3.63) is 94.8 Å². The van der Waals surface area contributed by atoms with Crippen molar-refractivity contribution >= 4 is 17.8 Å².